The van der Waals surface area contributed by atoms with Crippen LogP contribution >= 0.6 is 0 Å². The number of allylic oxidation sites excluding steroid dienone is 1. The maximum atomic E-state index is 14.8. The fraction of sp³-hybridized carbons (Fsp3) is 0.778. The third-order valence-electron chi connectivity index (χ3n) is 11.2. The molecular weight excluding hydrogens is 622 g/mol. The van der Waals surface area contributed by atoms with Gasteiger partial charge in [0.15, 0.2) is 18.0 Å². The zero-order valence-corrected chi connectivity index (χ0v) is 30.2. The van der Waals surface area contributed by atoms with Crippen LogP contribution in [0.4, 0.5) is 4.79 Å². The number of aliphatic hydroxyl groups is 3. The van der Waals surface area contributed by atoms with Gasteiger partial charge in [-0.3, -0.25) is 9.59 Å². The zero-order chi connectivity index (χ0) is 36.3. The summed E-state index contributed by atoms with van der Waals surface area (Å²) in [5.74, 6) is -3.64. The summed E-state index contributed by atoms with van der Waals surface area (Å²) in [5.41, 5.74) is -2.76. The summed E-state index contributed by atoms with van der Waals surface area (Å²) in [6, 6.07) is -1.16. The van der Waals surface area contributed by atoms with Crippen molar-refractivity contribution < 1.29 is 53.4 Å². The quantitative estimate of drug-likeness (QED) is 0.176. The summed E-state index contributed by atoms with van der Waals surface area (Å²) in [6.07, 6.45) is -4.94. The van der Waals surface area contributed by atoms with E-state index in [4.69, 9.17) is 18.9 Å². The lowest BCUT2D eigenvalue weighted by Crippen LogP contribution is -2.76. The summed E-state index contributed by atoms with van der Waals surface area (Å²) in [5, 5.41) is 37.3. The van der Waals surface area contributed by atoms with Crippen LogP contribution in [0.15, 0.2) is 22.8 Å². The first kappa shape index (κ1) is 38.0. The van der Waals surface area contributed by atoms with Gasteiger partial charge in [0, 0.05) is 18.8 Å². The summed E-state index contributed by atoms with van der Waals surface area (Å²) in [6.45, 7) is 19.4. The van der Waals surface area contributed by atoms with Crippen molar-refractivity contribution in [1.29, 1.82) is 0 Å². The molecule has 0 aromatic rings. The molecule has 3 aliphatic carbocycles. The molecule has 4 aliphatic rings. The van der Waals surface area contributed by atoms with Crippen LogP contribution in [0, 0.1) is 28.6 Å². The molecule has 4 rings (SSSR count). The number of rotatable bonds is 7. The second-order valence-electron chi connectivity index (χ2n) is 16.2. The number of alkyl carbamates (subject to hydrolysis) is 1. The van der Waals surface area contributed by atoms with Gasteiger partial charge in [-0.15, -0.1) is 0 Å². The first-order chi connectivity index (χ1) is 22.0. The summed E-state index contributed by atoms with van der Waals surface area (Å²) in [7, 11) is 0. The van der Waals surface area contributed by atoms with E-state index < -0.39 is 94.2 Å². The van der Waals surface area contributed by atoms with Gasteiger partial charge in [0.2, 0.25) is 0 Å². The molecule has 270 valence electrons. The molecule has 4 N–H and O–H groups in total. The van der Waals surface area contributed by atoms with Crippen LogP contribution in [0.25, 0.3) is 0 Å². The Kier molecular flexibility index (Phi) is 10.4. The Bertz CT molecular complexity index is 1370. The molecule has 0 radical (unpaired) electrons. The molecule has 0 aromatic carbocycles. The lowest BCUT2D eigenvalue weighted by Gasteiger charge is -2.65. The molecule has 1 saturated heterocycles. The van der Waals surface area contributed by atoms with Gasteiger partial charge in [-0.25, -0.2) is 9.59 Å². The summed E-state index contributed by atoms with van der Waals surface area (Å²) < 4.78 is 23.0. The van der Waals surface area contributed by atoms with Crippen molar-refractivity contribution in [2.24, 2.45) is 28.6 Å². The third kappa shape index (κ3) is 6.57. The number of amides is 1. The largest absolute Gasteiger partial charge is 0.456 e. The number of fused-ring (bicyclic) bond motifs is 5. The van der Waals surface area contributed by atoms with Gasteiger partial charge in [0.1, 0.15) is 17.3 Å². The van der Waals surface area contributed by atoms with Gasteiger partial charge in [0.25, 0.3) is 0 Å². The highest BCUT2D eigenvalue weighted by molar-refractivity contribution is 5.95. The van der Waals surface area contributed by atoms with E-state index in [0.29, 0.717) is 11.1 Å². The number of Topliss-reactive ketones (excluding diaryl/α,β-unsaturated/α-hetero) is 1. The van der Waals surface area contributed by atoms with E-state index in [9.17, 15) is 34.5 Å². The molecule has 48 heavy (non-hydrogen) atoms. The number of nitrogens with one attached hydrogen (secondary N) is 1. The van der Waals surface area contributed by atoms with Gasteiger partial charge >= 0.3 is 18.0 Å². The van der Waals surface area contributed by atoms with Crippen molar-refractivity contribution in [3.05, 3.63) is 22.8 Å². The predicted octanol–water partition coefficient (Wildman–Crippen LogP) is 3.54. The van der Waals surface area contributed by atoms with Crippen molar-refractivity contribution in [2.45, 2.75) is 143 Å². The number of carbonyl (C=O) groups excluding carboxylic acids is 4. The minimum absolute atomic E-state index is 0.0000772. The SMILES string of the molecule is CCC(=O)OC1C(=O)[C@]2(C)C(O)CC3OCC3(O)[C@H]2[C@H](C)C2CC(OC(=O)C(O)C(C=C(C)C)NC(=O)OC(C)(C)C)C(C)=C1C2(C)C. The minimum atomic E-state index is -1.80. The lowest BCUT2D eigenvalue weighted by molar-refractivity contribution is -0.326. The van der Waals surface area contributed by atoms with Crippen molar-refractivity contribution in [3.63, 3.8) is 0 Å². The van der Waals surface area contributed by atoms with E-state index in [1.54, 1.807) is 55.4 Å². The van der Waals surface area contributed by atoms with E-state index in [2.05, 4.69) is 5.32 Å². The average molecular weight is 678 g/mol. The van der Waals surface area contributed by atoms with E-state index >= 15 is 0 Å². The molecular formula is C36H55NO11. The van der Waals surface area contributed by atoms with Crippen LogP contribution in [-0.2, 0) is 33.3 Å². The molecule has 11 atom stereocenters. The highest BCUT2D eigenvalue weighted by atomic mass is 16.6. The Balaban J connectivity index is 1.78. The second kappa shape index (κ2) is 13.2. The summed E-state index contributed by atoms with van der Waals surface area (Å²) >= 11 is 0. The average Bonchev–Trinajstić information content (AvgIpc) is 2.96. The maximum absolute atomic E-state index is 14.8. The molecule has 1 amide bonds. The molecule has 1 aliphatic heterocycles. The zero-order valence-electron chi connectivity index (χ0n) is 30.2. The Morgan fingerprint density at radius 2 is 1.75 bits per heavy atom. The van der Waals surface area contributed by atoms with E-state index in [1.807, 2.05) is 20.8 Å². The molecule has 12 heteroatoms. The Labute approximate surface area is 283 Å². The topological polar surface area (TPSA) is 178 Å². The Morgan fingerprint density at radius 1 is 1.12 bits per heavy atom. The van der Waals surface area contributed by atoms with E-state index in [0.717, 1.165) is 5.57 Å². The van der Waals surface area contributed by atoms with Crippen LogP contribution in [0.2, 0.25) is 0 Å². The van der Waals surface area contributed by atoms with Crippen molar-refractivity contribution >= 4 is 23.8 Å². The molecule has 0 aromatic heterocycles. The Morgan fingerprint density at radius 3 is 2.27 bits per heavy atom. The van der Waals surface area contributed by atoms with Crippen LogP contribution < -0.4 is 5.32 Å². The first-order valence-electron chi connectivity index (χ1n) is 17.0. The van der Waals surface area contributed by atoms with Crippen molar-refractivity contribution in [1.82, 2.24) is 5.32 Å². The van der Waals surface area contributed by atoms with Gasteiger partial charge in [0.05, 0.1) is 30.3 Å². The standard InChI is InChI=1S/C36H55NO11/c1-12-25(39)47-28-26-19(5)22(46-31(42)27(40)21(13-17(2)3)37-32(43)48-33(6,7)8)14-20(34(26,9)10)18(4)29-35(11,30(28)41)23(38)15-24-36(29,44)16-45-24/h13,18,20-24,27-29,38,40,44H,12,14-16H2,1-11H3,(H,37,43)/t18-,20?,21?,22?,23?,24?,27?,28?,29+,35-,36?/m1/s1. The monoisotopic (exact) mass is 677 g/mol. The molecule has 0 spiro atoms. The van der Waals surface area contributed by atoms with Crippen LogP contribution in [0.5, 0.6) is 0 Å². The molecule has 8 unspecified atom stereocenters. The van der Waals surface area contributed by atoms with Gasteiger partial charge in [-0.1, -0.05) is 39.3 Å². The third-order valence-corrected chi connectivity index (χ3v) is 11.2. The molecule has 12 nitrogen and oxygen atoms in total. The minimum Gasteiger partial charge on any atom is -0.456 e. The van der Waals surface area contributed by atoms with Crippen molar-refractivity contribution in [3.8, 4) is 0 Å². The Hall–Kier alpha value is -2.80. The maximum Gasteiger partial charge on any atom is 0.408 e. The predicted molar refractivity (Wildman–Crippen MR) is 174 cm³/mol. The molecule has 2 saturated carbocycles. The number of ether oxygens (including phenoxy) is 4. The molecule has 1 heterocycles. The van der Waals surface area contributed by atoms with Crippen LogP contribution in [-0.4, -0.2) is 93.5 Å². The van der Waals surface area contributed by atoms with Crippen LogP contribution in [0.3, 0.4) is 0 Å². The number of esters is 2. The van der Waals surface area contributed by atoms with Gasteiger partial charge in [-0.2, -0.15) is 0 Å². The van der Waals surface area contributed by atoms with E-state index in [-0.39, 0.29) is 31.8 Å². The fourth-order valence-corrected chi connectivity index (χ4v) is 8.91. The van der Waals surface area contributed by atoms with Crippen LogP contribution in [0.1, 0.15) is 95.4 Å². The highest BCUT2D eigenvalue weighted by Gasteiger charge is 2.72. The normalized spacial score (nSPS) is 36.9. The van der Waals surface area contributed by atoms with Gasteiger partial charge < -0.3 is 39.6 Å². The highest BCUT2D eigenvalue weighted by Crippen LogP contribution is 2.63. The number of hydrogen-bond acceptors (Lipinski definition) is 11. The van der Waals surface area contributed by atoms with Crippen molar-refractivity contribution in [2.75, 3.05) is 6.61 Å². The number of ketones is 1. The lowest BCUT2D eigenvalue weighted by atomic mass is 9.44. The fourth-order valence-electron chi connectivity index (χ4n) is 8.91. The molecule has 2 bridgehead atoms. The second-order valence-corrected chi connectivity index (χ2v) is 16.2. The number of aliphatic hydroxyl groups excluding tert-OH is 2. The number of carbonyl (C=O) groups is 4. The van der Waals surface area contributed by atoms with E-state index in [1.165, 1.54) is 6.08 Å². The summed E-state index contributed by atoms with van der Waals surface area (Å²) in [4.78, 5) is 54.0. The smallest absolute Gasteiger partial charge is 0.408 e. The first-order valence-corrected chi connectivity index (χ1v) is 17.0. The number of hydrogen-bond donors (Lipinski definition) is 4. The van der Waals surface area contributed by atoms with Gasteiger partial charge in [-0.05, 0) is 83.3 Å². The molecule has 3 fully saturated rings.